The van der Waals surface area contributed by atoms with Crippen molar-refractivity contribution in [3.63, 3.8) is 0 Å². The summed E-state index contributed by atoms with van der Waals surface area (Å²) in [6.07, 6.45) is 4.39. The molecule has 6 heteroatoms. The Balaban J connectivity index is 1.62. The minimum atomic E-state index is 0.187. The zero-order valence-corrected chi connectivity index (χ0v) is 12.9. The third-order valence-electron chi connectivity index (χ3n) is 3.00. The normalized spacial score (nSPS) is 21.0. The molecule has 0 bridgehead atoms. The van der Waals surface area contributed by atoms with Gasteiger partial charge >= 0.3 is 0 Å². The first-order valence-electron chi connectivity index (χ1n) is 6.67. The van der Waals surface area contributed by atoms with E-state index in [0.717, 1.165) is 18.8 Å². The van der Waals surface area contributed by atoms with E-state index in [2.05, 4.69) is 17.3 Å². The SMILES string of the molecule is C[C@@H](CNC(=O)C[C@H]1CSCCS1)Cn1cccn1. The Labute approximate surface area is 123 Å². The number of hydrogen-bond donors (Lipinski definition) is 1. The molecule has 0 aliphatic carbocycles. The first-order valence-corrected chi connectivity index (χ1v) is 8.88. The van der Waals surface area contributed by atoms with E-state index in [9.17, 15) is 4.79 Å². The van der Waals surface area contributed by atoms with Crippen LogP contribution in [-0.4, -0.2) is 44.7 Å². The summed E-state index contributed by atoms with van der Waals surface area (Å²) in [5.41, 5.74) is 0. The number of amides is 1. The summed E-state index contributed by atoms with van der Waals surface area (Å²) >= 11 is 3.89. The van der Waals surface area contributed by atoms with Crippen molar-refractivity contribution < 1.29 is 4.79 Å². The van der Waals surface area contributed by atoms with Gasteiger partial charge in [-0.1, -0.05) is 6.92 Å². The topological polar surface area (TPSA) is 46.9 Å². The van der Waals surface area contributed by atoms with E-state index in [1.807, 2.05) is 40.5 Å². The van der Waals surface area contributed by atoms with Crippen LogP contribution in [0.5, 0.6) is 0 Å². The highest BCUT2D eigenvalue weighted by atomic mass is 32.2. The lowest BCUT2D eigenvalue weighted by Crippen LogP contribution is -2.32. The number of nitrogens with one attached hydrogen (secondary N) is 1. The van der Waals surface area contributed by atoms with E-state index in [1.165, 1.54) is 11.5 Å². The fraction of sp³-hybridized carbons (Fsp3) is 0.692. The molecule has 4 nitrogen and oxygen atoms in total. The molecule has 1 aliphatic heterocycles. The number of carbonyl (C=O) groups excluding carboxylic acids is 1. The van der Waals surface area contributed by atoms with Gasteiger partial charge in [-0.25, -0.2) is 0 Å². The highest BCUT2D eigenvalue weighted by Gasteiger charge is 2.18. The van der Waals surface area contributed by atoms with Gasteiger partial charge in [-0.05, 0) is 12.0 Å². The summed E-state index contributed by atoms with van der Waals surface area (Å²) in [4.78, 5) is 11.9. The molecule has 0 unspecified atom stereocenters. The maximum atomic E-state index is 11.9. The van der Waals surface area contributed by atoms with Gasteiger partial charge in [-0.15, -0.1) is 0 Å². The molecule has 1 amide bonds. The van der Waals surface area contributed by atoms with Crippen molar-refractivity contribution >= 4 is 29.4 Å². The van der Waals surface area contributed by atoms with Gasteiger partial charge in [0.05, 0.1) is 0 Å². The second-order valence-electron chi connectivity index (χ2n) is 4.91. The minimum Gasteiger partial charge on any atom is -0.356 e. The molecule has 1 N–H and O–H groups in total. The average molecular weight is 299 g/mol. The van der Waals surface area contributed by atoms with Crippen LogP contribution in [-0.2, 0) is 11.3 Å². The molecule has 106 valence electrons. The first-order chi connectivity index (χ1) is 9.24. The molecule has 2 heterocycles. The molecule has 1 aromatic heterocycles. The fourth-order valence-corrected chi connectivity index (χ4v) is 4.69. The fourth-order valence-electron chi connectivity index (χ4n) is 2.01. The smallest absolute Gasteiger partial charge is 0.221 e. The molecule has 1 fully saturated rings. The van der Waals surface area contributed by atoms with Crippen LogP contribution in [0.3, 0.4) is 0 Å². The van der Waals surface area contributed by atoms with Crippen LogP contribution in [0.1, 0.15) is 13.3 Å². The van der Waals surface area contributed by atoms with Crippen molar-refractivity contribution in [1.82, 2.24) is 15.1 Å². The van der Waals surface area contributed by atoms with Crippen molar-refractivity contribution in [3.05, 3.63) is 18.5 Å². The molecule has 1 saturated heterocycles. The van der Waals surface area contributed by atoms with Gasteiger partial charge in [-0.2, -0.15) is 28.6 Å². The van der Waals surface area contributed by atoms with Gasteiger partial charge in [0.2, 0.25) is 5.91 Å². The van der Waals surface area contributed by atoms with E-state index in [0.29, 0.717) is 17.6 Å². The molecule has 1 aliphatic rings. The number of carbonyl (C=O) groups is 1. The van der Waals surface area contributed by atoms with Crippen LogP contribution in [0.25, 0.3) is 0 Å². The molecule has 0 saturated carbocycles. The van der Waals surface area contributed by atoms with Gasteiger partial charge in [-0.3, -0.25) is 9.48 Å². The number of hydrogen-bond acceptors (Lipinski definition) is 4. The summed E-state index contributed by atoms with van der Waals surface area (Å²) in [6, 6.07) is 1.92. The third kappa shape index (κ3) is 5.48. The Kier molecular flexibility index (Phi) is 6.10. The summed E-state index contributed by atoms with van der Waals surface area (Å²) < 4.78 is 1.91. The molecule has 0 radical (unpaired) electrons. The maximum Gasteiger partial charge on any atom is 0.221 e. The van der Waals surface area contributed by atoms with Crippen LogP contribution in [0, 0.1) is 5.92 Å². The number of rotatable bonds is 6. The number of nitrogens with zero attached hydrogens (tertiary/aromatic N) is 2. The van der Waals surface area contributed by atoms with Gasteiger partial charge < -0.3 is 5.32 Å². The summed E-state index contributed by atoms with van der Waals surface area (Å²) in [7, 11) is 0. The monoisotopic (exact) mass is 299 g/mol. The van der Waals surface area contributed by atoms with Crippen LogP contribution in [0.4, 0.5) is 0 Å². The second kappa shape index (κ2) is 7.85. The van der Waals surface area contributed by atoms with Crippen molar-refractivity contribution in [1.29, 1.82) is 0 Å². The number of thioether (sulfide) groups is 2. The lowest BCUT2D eigenvalue weighted by molar-refractivity contribution is -0.121. The molecule has 2 atom stereocenters. The Hall–Kier alpha value is -0.620. The van der Waals surface area contributed by atoms with Crippen molar-refractivity contribution in [2.24, 2.45) is 5.92 Å². The van der Waals surface area contributed by atoms with Crippen molar-refractivity contribution in [2.45, 2.75) is 25.1 Å². The molecule has 0 aromatic carbocycles. The molecule has 1 aromatic rings. The quantitative estimate of drug-likeness (QED) is 0.871. The van der Waals surface area contributed by atoms with Crippen LogP contribution >= 0.6 is 23.5 Å². The zero-order valence-electron chi connectivity index (χ0n) is 11.2. The molecular formula is C13H21N3OS2. The summed E-state index contributed by atoms with van der Waals surface area (Å²) in [6.45, 7) is 3.71. The number of aromatic nitrogens is 2. The van der Waals surface area contributed by atoms with Gasteiger partial charge in [0.25, 0.3) is 0 Å². The highest BCUT2D eigenvalue weighted by molar-refractivity contribution is 8.06. The Bertz CT molecular complexity index is 377. The van der Waals surface area contributed by atoms with Crippen molar-refractivity contribution in [3.8, 4) is 0 Å². The second-order valence-corrected chi connectivity index (χ2v) is 7.47. The van der Waals surface area contributed by atoms with Gasteiger partial charge in [0.15, 0.2) is 0 Å². The highest BCUT2D eigenvalue weighted by Crippen LogP contribution is 2.26. The molecule has 0 spiro atoms. The largest absolute Gasteiger partial charge is 0.356 e. The Morgan fingerprint density at radius 1 is 1.58 bits per heavy atom. The van der Waals surface area contributed by atoms with Crippen LogP contribution < -0.4 is 5.32 Å². The van der Waals surface area contributed by atoms with E-state index < -0.39 is 0 Å². The van der Waals surface area contributed by atoms with Crippen molar-refractivity contribution in [2.75, 3.05) is 23.8 Å². The predicted octanol–water partition coefficient (Wildman–Crippen LogP) is 1.87. The standard InChI is InChI=1S/C13H21N3OS2/c1-11(9-16-4-2-3-15-16)8-14-13(17)7-12-10-18-5-6-19-12/h2-4,11-12H,5-10H2,1H3,(H,14,17)/t11-,12-/m0/s1. The van der Waals surface area contributed by atoms with E-state index in [4.69, 9.17) is 0 Å². The predicted molar refractivity (Wildman–Crippen MR) is 82.6 cm³/mol. The van der Waals surface area contributed by atoms with Crippen LogP contribution in [0.2, 0.25) is 0 Å². The summed E-state index contributed by atoms with van der Waals surface area (Å²) in [5.74, 6) is 4.10. The molecule has 2 rings (SSSR count). The van der Waals surface area contributed by atoms with E-state index >= 15 is 0 Å². The Morgan fingerprint density at radius 2 is 2.47 bits per heavy atom. The van der Waals surface area contributed by atoms with E-state index in [-0.39, 0.29) is 5.91 Å². The minimum absolute atomic E-state index is 0.187. The molecular weight excluding hydrogens is 278 g/mol. The Morgan fingerprint density at radius 3 is 3.16 bits per heavy atom. The average Bonchev–Trinajstić information content (AvgIpc) is 2.90. The van der Waals surface area contributed by atoms with E-state index in [1.54, 1.807) is 6.20 Å². The van der Waals surface area contributed by atoms with Gasteiger partial charge in [0, 0.05) is 54.4 Å². The molecule has 19 heavy (non-hydrogen) atoms. The maximum absolute atomic E-state index is 11.9. The summed E-state index contributed by atoms with van der Waals surface area (Å²) in [5, 5.41) is 7.71. The van der Waals surface area contributed by atoms with Crippen LogP contribution in [0.15, 0.2) is 18.5 Å². The third-order valence-corrected chi connectivity index (χ3v) is 5.85. The lowest BCUT2D eigenvalue weighted by atomic mass is 10.2. The first kappa shape index (κ1) is 14.8. The van der Waals surface area contributed by atoms with Gasteiger partial charge in [0.1, 0.15) is 0 Å². The lowest BCUT2D eigenvalue weighted by Gasteiger charge is -2.20. The zero-order chi connectivity index (χ0) is 13.5.